The Hall–Kier alpha value is -1.56. The molecule has 0 spiro atoms. The van der Waals surface area contributed by atoms with Crippen LogP contribution in [0.4, 0.5) is 5.69 Å². The van der Waals surface area contributed by atoms with Gasteiger partial charge in [-0.2, -0.15) is 0 Å². The topological polar surface area (TPSA) is 92.8 Å². The molecule has 0 fully saturated rings. The molecule has 0 bridgehead atoms. The van der Waals surface area contributed by atoms with Crippen molar-refractivity contribution >= 4 is 21.2 Å². The number of anilines is 1. The standard InChI is InChI=1S/C9H12N2O3S/c1-15(13,14)6-9(11-12)7-2-4-8(10)5-3-7/h2-5,12H,6,10H2,1H3/b11-9+. The van der Waals surface area contributed by atoms with Gasteiger partial charge in [-0.3, -0.25) is 0 Å². The van der Waals surface area contributed by atoms with Gasteiger partial charge in [0.05, 0.1) is 5.75 Å². The zero-order chi connectivity index (χ0) is 11.5. The van der Waals surface area contributed by atoms with Crippen LogP contribution in [0.3, 0.4) is 0 Å². The van der Waals surface area contributed by atoms with Crippen LogP contribution < -0.4 is 5.73 Å². The summed E-state index contributed by atoms with van der Waals surface area (Å²) in [5, 5.41) is 11.7. The summed E-state index contributed by atoms with van der Waals surface area (Å²) in [5.74, 6) is -0.298. The summed E-state index contributed by atoms with van der Waals surface area (Å²) >= 11 is 0. The van der Waals surface area contributed by atoms with Crippen molar-refractivity contribution in [3.8, 4) is 0 Å². The molecule has 0 amide bonds. The molecule has 6 heteroatoms. The maximum absolute atomic E-state index is 11.0. The van der Waals surface area contributed by atoms with Crippen LogP contribution in [0.2, 0.25) is 0 Å². The number of hydrogen-bond acceptors (Lipinski definition) is 5. The second-order valence-electron chi connectivity index (χ2n) is 3.24. The summed E-state index contributed by atoms with van der Waals surface area (Å²) in [5.41, 5.74) is 6.69. The van der Waals surface area contributed by atoms with Crippen molar-refractivity contribution < 1.29 is 13.6 Å². The molecule has 1 rings (SSSR count). The van der Waals surface area contributed by atoms with Crippen molar-refractivity contribution in [2.45, 2.75) is 0 Å². The van der Waals surface area contributed by atoms with Crippen LogP contribution in [0.5, 0.6) is 0 Å². The van der Waals surface area contributed by atoms with Crippen molar-refractivity contribution in [1.82, 2.24) is 0 Å². The molecule has 0 unspecified atom stereocenters. The fourth-order valence-electron chi connectivity index (χ4n) is 1.09. The fourth-order valence-corrected chi connectivity index (χ4v) is 1.81. The van der Waals surface area contributed by atoms with E-state index in [1.165, 1.54) is 0 Å². The lowest BCUT2D eigenvalue weighted by Gasteiger charge is -2.03. The molecule has 82 valence electrons. The SMILES string of the molecule is CS(=O)(=O)C/C(=N\O)c1ccc(N)cc1. The van der Waals surface area contributed by atoms with Gasteiger partial charge in [0.1, 0.15) is 5.71 Å². The number of nitrogens with zero attached hydrogens (tertiary/aromatic N) is 1. The average molecular weight is 228 g/mol. The number of benzene rings is 1. The minimum Gasteiger partial charge on any atom is -0.411 e. The largest absolute Gasteiger partial charge is 0.411 e. The van der Waals surface area contributed by atoms with Gasteiger partial charge >= 0.3 is 0 Å². The van der Waals surface area contributed by atoms with Gasteiger partial charge in [0, 0.05) is 17.5 Å². The minimum atomic E-state index is -3.22. The predicted octanol–water partition coefficient (Wildman–Crippen LogP) is 0.492. The van der Waals surface area contributed by atoms with Gasteiger partial charge in [-0.1, -0.05) is 17.3 Å². The minimum absolute atomic E-state index is 0.109. The van der Waals surface area contributed by atoms with Crippen molar-refractivity contribution in [3.05, 3.63) is 29.8 Å². The number of hydrogen-bond donors (Lipinski definition) is 2. The first-order valence-corrected chi connectivity index (χ1v) is 6.23. The Balaban J connectivity index is 3.00. The summed E-state index contributed by atoms with van der Waals surface area (Å²) in [6.45, 7) is 0. The predicted molar refractivity (Wildman–Crippen MR) is 58.9 cm³/mol. The first kappa shape index (κ1) is 11.5. The molecule has 1 aromatic carbocycles. The van der Waals surface area contributed by atoms with Gasteiger partial charge in [-0.05, 0) is 12.1 Å². The lowest BCUT2D eigenvalue weighted by molar-refractivity contribution is 0.319. The lowest BCUT2D eigenvalue weighted by Crippen LogP contribution is -2.15. The zero-order valence-electron chi connectivity index (χ0n) is 8.21. The highest BCUT2D eigenvalue weighted by atomic mass is 32.2. The molecule has 15 heavy (non-hydrogen) atoms. The van der Waals surface area contributed by atoms with Crippen LogP contribution in [-0.4, -0.2) is 31.3 Å². The highest BCUT2D eigenvalue weighted by Crippen LogP contribution is 2.08. The highest BCUT2D eigenvalue weighted by Gasteiger charge is 2.11. The first-order valence-electron chi connectivity index (χ1n) is 4.17. The van der Waals surface area contributed by atoms with E-state index in [-0.39, 0.29) is 11.5 Å². The molecule has 0 heterocycles. The van der Waals surface area contributed by atoms with Crippen molar-refractivity contribution in [2.75, 3.05) is 17.7 Å². The maximum atomic E-state index is 11.0. The highest BCUT2D eigenvalue weighted by molar-refractivity contribution is 7.91. The molecule has 0 radical (unpaired) electrons. The van der Waals surface area contributed by atoms with Crippen LogP contribution in [0.25, 0.3) is 0 Å². The molecule has 5 nitrogen and oxygen atoms in total. The monoisotopic (exact) mass is 228 g/mol. The second kappa shape index (κ2) is 4.31. The Morgan fingerprint density at radius 3 is 2.33 bits per heavy atom. The van der Waals surface area contributed by atoms with E-state index in [1.54, 1.807) is 24.3 Å². The Morgan fingerprint density at radius 1 is 1.40 bits per heavy atom. The molecule has 3 N–H and O–H groups in total. The van der Waals surface area contributed by atoms with E-state index < -0.39 is 9.84 Å². The van der Waals surface area contributed by atoms with Gasteiger partial charge in [-0.25, -0.2) is 8.42 Å². The third-order valence-electron chi connectivity index (χ3n) is 1.76. The Bertz CT molecular complexity index is 463. The molecule has 0 aliphatic rings. The molecule has 0 atom stereocenters. The number of nitrogen functional groups attached to an aromatic ring is 1. The van der Waals surface area contributed by atoms with Gasteiger partial charge in [0.25, 0.3) is 0 Å². The molecule has 0 saturated carbocycles. The third-order valence-corrected chi connectivity index (χ3v) is 2.56. The summed E-state index contributed by atoms with van der Waals surface area (Å²) in [6.07, 6.45) is 1.08. The first-order chi connectivity index (χ1) is 6.92. The normalized spacial score (nSPS) is 12.7. The number of oxime groups is 1. The Labute approximate surface area is 88.1 Å². The zero-order valence-corrected chi connectivity index (χ0v) is 9.03. The van der Waals surface area contributed by atoms with Crippen molar-refractivity contribution in [2.24, 2.45) is 5.16 Å². The fraction of sp³-hybridized carbons (Fsp3) is 0.222. The van der Waals surface area contributed by atoms with Gasteiger partial charge < -0.3 is 10.9 Å². The van der Waals surface area contributed by atoms with Crippen LogP contribution >= 0.6 is 0 Å². The van der Waals surface area contributed by atoms with Crippen molar-refractivity contribution in [1.29, 1.82) is 0 Å². The van der Waals surface area contributed by atoms with E-state index in [2.05, 4.69) is 5.16 Å². The Kier molecular flexibility index (Phi) is 3.31. The molecular weight excluding hydrogens is 216 g/mol. The summed E-state index contributed by atoms with van der Waals surface area (Å²) in [6, 6.07) is 6.44. The number of nitrogens with two attached hydrogens (primary N) is 1. The summed E-state index contributed by atoms with van der Waals surface area (Å²) in [4.78, 5) is 0. The van der Waals surface area contributed by atoms with Crippen LogP contribution in [0.1, 0.15) is 5.56 Å². The molecular formula is C9H12N2O3S. The molecule has 0 aromatic heterocycles. The van der Waals surface area contributed by atoms with Crippen LogP contribution in [-0.2, 0) is 9.84 Å². The molecule has 0 aliphatic heterocycles. The van der Waals surface area contributed by atoms with Gasteiger partial charge in [0.2, 0.25) is 0 Å². The van der Waals surface area contributed by atoms with Crippen LogP contribution in [0.15, 0.2) is 29.4 Å². The number of rotatable bonds is 3. The molecule has 1 aromatic rings. The van der Waals surface area contributed by atoms with E-state index in [4.69, 9.17) is 10.9 Å². The number of sulfone groups is 1. The summed E-state index contributed by atoms with van der Waals surface area (Å²) < 4.78 is 22.0. The molecule has 0 aliphatic carbocycles. The smallest absolute Gasteiger partial charge is 0.153 e. The van der Waals surface area contributed by atoms with Gasteiger partial charge in [0.15, 0.2) is 9.84 Å². The van der Waals surface area contributed by atoms with E-state index >= 15 is 0 Å². The van der Waals surface area contributed by atoms with E-state index in [9.17, 15) is 8.42 Å². The summed E-state index contributed by atoms with van der Waals surface area (Å²) in [7, 11) is -3.22. The third kappa shape index (κ3) is 3.59. The van der Waals surface area contributed by atoms with Gasteiger partial charge in [-0.15, -0.1) is 0 Å². The lowest BCUT2D eigenvalue weighted by atomic mass is 10.1. The quantitative estimate of drug-likeness (QED) is 0.341. The van der Waals surface area contributed by atoms with E-state index in [0.717, 1.165) is 6.26 Å². The van der Waals surface area contributed by atoms with E-state index in [1.807, 2.05) is 0 Å². The van der Waals surface area contributed by atoms with E-state index in [0.29, 0.717) is 11.3 Å². The average Bonchev–Trinajstić information content (AvgIpc) is 2.14. The maximum Gasteiger partial charge on any atom is 0.153 e. The molecule has 0 saturated heterocycles. The second-order valence-corrected chi connectivity index (χ2v) is 5.38. The van der Waals surface area contributed by atoms with Crippen molar-refractivity contribution in [3.63, 3.8) is 0 Å². The Morgan fingerprint density at radius 2 is 1.93 bits per heavy atom. The van der Waals surface area contributed by atoms with Crippen LogP contribution in [0, 0.1) is 0 Å².